The Hall–Kier alpha value is -1.88. The molecule has 2 heterocycles. The van der Waals surface area contributed by atoms with Gasteiger partial charge in [0.15, 0.2) is 0 Å². The average Bonchev–Trinajstić information content (AvgIpc) is 2.45. The summed E-state index contributed by atoms with van der Waals surface area (Å²) in [5.41, 5.74) is 1.06. The molecule has 0 atom stereocenters. The first kappa shape index (κ1) is 14.5. The SMILES string of the molecule is CCCc1nc(Cl)cc(NCc2ccnc(OC)c2)n1. The van der Waals surface area contributed by atoms with Crippen molar-refractivity contribution in [1.82, 2.24) is 15.0 Å². The summed E-state index contributed by atoms with van der Waals surface area (Å²) in [4.78, 5) is 12.7. The second-order valence-electron chi connectivity index (χ2n) is 4.30. The number of methoxy groups -OCH3 is 1. The number of halogens is 1. The van der Waals surface area contributed by atoms with E-state index in [2.05, 4.69) is 27.2 Å². The van der Waals surface area contributed by atoms with Gasteiger partial charge in [0.05, 0.1) is 7.11 Å². The molecule has 0 spiro atoms. The van der Waals surface area contributed by atoms with E-state index in [1.165, 1.54) is 0 Å². The van der Waals surface area contributed by atoms with Crippen LogP contribution in [0.3, 0.4) is 0 Å². The van der Waals surface area contributed by atoms with Gasteiger partial charge in [0.2, 0.25) is 5.88 Å². The molecule has 20 heavy (non-hydrogen) atoms. The fourth-order valence-electron chi connectivity index (χ4n) is 1.76. The molecule has 0 saturated heterocycles. The van der Waals surface area contributed by atoms with Crippen LogP contribution in [0.2, 0.25) is 5.15 Å². The Bertz CT molecular complexity index is 577. The van der Waals surface area contributed by atoms with Crippen molar-refractivity contribution < 1.29 is 4.74 Å². The van der Waals surface area contributed by atoms with Crippen LogP contribution in [-0.2, 0) is 13.0 Å². The molecule has 0 radical (unpaired) electrons. The van der Waals surface area contributed by atoms with Crippen molar-refractivity contribution in [1.29, 1.82) is 0 Å². The topological polar surface area (TPSA) is 59.9 Å². The summed E-state index contributed by atoms with van der Waals surface area (Å²) in [6, 6.07) is 5.52. The predicted molar refractivity (Wildman–Crippen MR) is 79.2 cm³/mol. The Morgan fingerprint density at radius 3 is 2.90 bits per heavy atom. The molecular formula is C14H17ClN4O. The highest BCUT2D eigenvalue weighted by atomic mass is 35.5. The van der Waals surface area contributed by atoms with Crippen molar-refractivity contribution in [2.75, 3.05) is 12.4 Å². The zero-order chi connectivity index (χ0) is 14.4. The molecule has 0 aliphatic heterocycles. The van der Waals surface area contributed by atoms with Gasteiger partial charge in [0, 0.05) is 31.3 Å². The third kappa shape index (κ3) is 4.06. The van der Waals surface area contributed by atoms with Crippen LogP contribution in [0.25, 0.3) is 0 Å². The number of pyridine rings is 1. The monoisotopic (exact) mass is 292 g/mol. The van der Waals surface area contributed by atoms with Gasteiger partial charge in [-0.1, -0.05) is 18.5 Å². The molecule has 0 fully saturated rings. The van der Waals surface area contributed by atoms with Crippen LogP contribution in [0.15, 0.2) is 24.4 Å². The van der Waals surface area contributed by atoms with Crippen molar-refractivity contribution in [2.24, 2.45) is 0 Å². The second-order valence-corrected chi connectivity index (χ2v) is 4.69. The number of ether oxygens (including phenoxy) is 1. The Balaban J connectivity index is 2.06. The van der Waals surface area contributed by atoms with Crippen LogP contribution in [0, 0.1) is 0 Å². The smallest absolute Gasteiger partial charge is 0.213 e. The van der Waals surface area contributed by atoms with Gasteiger partial charge in [-0.25, -0.2) is 15.0 Å². The number of hydrogen-bond acceptors (Lipinski definition) is 5. The Labute approximate surface area is 123 Å². The first-order valence-electron chi connectivity index (χ1n) is 6.47. The Kier molecular flexibility index (Phi) is 5.12. The van der Waals surface area contributed by atoms with E-state index in [9.17, 15) is 0 Å². The van der Waals surface area contributed by atoms with Gasteiger partial charge in [-0.2, -0.15) is 0 Å². The summed E-state index contributed by atoms with van der Waals surface area (Å²) in [5.74, 6) is 2.08. The van der Waals surface area contributed by atoms with Crippen LogP contribution < -0.4 is 10.1 Å². The zero-order valence-corrected chi connectivity index (χ0v) is 12.3. The molecule has 0 amide bonds. The number of anilines is 1. The number of rotatable bonds is 6. The van der Waals surface area contributed by atoms with Crippen LogP contribution in [-0.4, -0.2) is 22.1 Å². The normalized spacial score (nSPS) is 10.3. The first-order valence-corrected chi connectivity index (χ1v) is 6.85. The molecule has 2 aromatic rings. The third-order valence-electron chi connectivity index (χ3n) is 2.70. The molecule has 0 aliphatic carbocycles. The zero-order valence-electron chi connectivity index (χ0n) is 11.6. The molecule has 2 rings (SSSR count). The molecule has 2 aromatic heterocycles. The van der Waals surface area contributed by atoms with Gasteiger partial charge in [0.1, 0.15) is 16.8 Å². The molecule has 0 aliphatic rings. The van der Waals surface area contributed by atoms with Crippen molar-refractivity contribution in [3.05, 3.63) is 40.9 Å². The van der Waals surface area contributed by atoms with Gasteiger partial charge in [-0.05, 0) is 18.1 Å². The molecule has 106 valence electrons. The average molecular weight is 293 g/mol. The van der Waals surface area contributed by atoms with Gasteiger partial charge < -0.3 is 10.1 Å². The summed E-state index contributed by atoms with van der Waals surface area (Å²) >= 11 is 5.99. The number of nitrogens with zero attached hydrogens (tertiary/aromatic N) is 3. The number of hydrogen-bond donors (Lipinski definition) is 1. The quantitative estimate of drug-likeness (QED) is 0.829. The second kappa shape index (κ2) is 7.05. The van der Waals surface area contributed by atoms with Gasteiger partial charge in [-0.3, -0.25) is 0 Å². The van der Waals surface area contributed by atoms with Gasteiger partial charge in [-0.15, -0.1) is 0 Å². The van der Waals surface area contributed by atoms with E-state index in [1.54, 1.807) is 19.4 Å². The highest BCUT2D eigenvalue weighted by Gasteiger charge is 2.03. The molecule has 0 saturated carbocycles. The summed E-state index contributed by atoms with van der Waals surface area (Å²) in [7, 11) is 1.60. The maximum Gasteiger partial charge on any atom is 0.213 e. The highest BCUT2D eigenvalue weighted by molar-refractivity contribution is 6.29. The number of aryl methyl sites for hydroxylation is 1. The molecule has 0 aromatic carbocycles. The summed E-state index contributed by atoms with van der Waals surface area (Å²) in [6.45, 7) is 2.71. The van der Waals surface area contributed by atoms with E-state index in [4.69, 9.17) is 16.3 Å². The van der Waals surface area contributed by atoms with Crippen LogP contribution in [0.5, 0.6) is 5.88 Å². The summed E-state index contributed by atoms with van der Waals surface area (Å²) < 4.78 is 5.09. The van der Waals surface area contributed by atoms with Crippen molar-refractivity contribution >= 4 is 17.4 Å². The van der Waals surface area contributed by atoms with E-state index in [0.717, 1.165) is 30.0 Å². The fourth-order valence-corrected chi connectivity index (χ4v) is 1.96. The lowest BCUT2D eigenvalue weighted by molar-refractivity contribution is 0.397. The minimum atomic E-state index is 0.457. The standard InChI is InChI=1S/C14H17ClN4O/c1-3-4-12-18-11(15)8-13(19-12)17-9-10-5-6-16-14(7-10)20-2/h5-8H,3-4,9H2,1-2H3,(H,17,18,19). The fraction of sp³-hybridized carbons (Fsp3) is 0.357. The molecule has 5 nitrogen and oxygen atoms in total. The lowest BCUT2D eigenvalue weighted by Crippen LogP contribution is -2.05. The van der Waals surface area contributed by atoms with Crippen molar-refractivity contribution in [2.45, 2.75) is 26.3 Å². The molecule has 0 bridgehead atoms. The highest BCUT2D eigenvalue weighted by Crippen LogP contribution is 2.15. The van der Waals surface area contributed by atoms with Crippen LogP contribution in [0.4, 0.5) is 5.82 Å². The van der Waals surface area contributed by atoms with E-state index >= 15 is 0 Å². The predicted octanol–water partition coefficient (Wildman–Crippen LogP) is 3.10. The van der Waals surface area contributed by atoms with Crippen LogP contribution in [0.1, 0.15) is 24.7 Å². The third-order valence-corrected chi connectivity index (χ3v) is 2.89. The Morgan fingerprint density at radius 2 is 2.15 bits per heavy atom. The van der Waals surface area contributed by atoms with E-state index in [0.29, 0.717) is 17.6 Å². The summed E-state index contributed by atoms with van der Waals surface area (Å²) in [6.07, 6.45) is 3.52. The lowest BCUT2D eigenvalue weighted by atomic mass is 10.2. The Morgan fingerprint density at radius 1 is 1.30 bits per heavy atom. The largest absolute Gasteiger partial charge is 0.481 e. The molecular weight excluding hydrogens is 276 g/mol. The lowest BCUT2D eigenvalue weighted by Gasteiger charge is -2.08. The minimum absolute atomic E-state index is 0.457. The van der Waals surface area contributed by atoms with E-state index in [1.807, 2.05) is 12.1 Å². The summed E-state index contributed by atoms with van der Waals surface area (Å²) in [5, 5.41) is 3.69. The first-order chi connectivity index (χ1) is 9.71. The molecule has 6 heteroatoms. The minimum Gasteiger partial charge on any atom is -0.481 e. The molecule has 0 unspecified atom stereocenters. The molecule has 1 N–H and O–H groups in total. The number of nitrogens with one attached hydrogen (secondary N) is 1. The van der Waals surface area contributed by atoms with E-state index < -0.39 is 0 Å². The maximum absolute atomic E-state index is 5.99. The van der Waals surface area contributed by atoms with Gasteiger partial charge >= 0.3 is 0 Å². The number of aromatic nitrogens is 3. The van der Waals surface area contributed by atoms with E-state index in [-0.39, 0.29) is 0 Å². The maximum atomic E-state index is 5.99. The van der Waals surface area contributed by atoms with Crippen LogP contribution >= 0.6 is 11.6 Å². The van der Waals surface area contributed by atoms with Crippen molar-refractivity contribution in [3.8, 4) is 5.88 Å². The van der Waals surface area contributed by atoms with Gasteiger partial charge in [0.25, 0.3) is 0 Å². The van der Waals surface area contributed by atoms with Crippen molar-refractivity contribution in [3.63, 3.8) is 0 Å².